The maximum Gasteiger partial charge on any atom is 0.257 e. The number of rotatable bonds is 3. The summed E-state index contributed by atoms with van der Waals surface area (Å²) in [6, 6.07) is 3.67. The Hall–Kier alpha value is -0.850. The van der Waals surface area contributed by atoms with E-state index in [2.05, 4.69) is 21.5 Å². The second-order valence-corrected chi connectivity index (χ2v) is 6.60. The maximum atomic E-state index is 11.8. The van der Waals surface area contributed by atoms with Crippen molar-refractivity contribution in [3.05, 3.63) is 17.3 Å². The predicted octanol–water partition coefficient (Wildman–Crippen LogP) is 1.63. The highest BCUT2D eigenvalue weighted by molar-refractivity contribution is 7.89. The molecule has 0 bridgehead atoms. The molecule has 1 fully saturated rings. The Kier molecular flexibility index (Phi) is 3.79. The van der Waals surface area contributed by atoms with Gasteiger partial charge in [0.25, 0.3) is 10.0 Å². The topological polar surface area (TPSA) is 62.3 Å². The van der Waals surface area contributed by atoms with Gasteiger partial charge < -0.3 is 4.90 Å². The van der Waals surface area contributed by atoms with E-state index in [4.69, 9.17) is 11.6 Å². The molecule has 1 unspecified atom stereocenters. The third-order valence-electron chi connectivity index (χ3n) is 3.18. The molecular weight excluding hydrogens is 274 g/mol. The van der Waals surface area contributed by atoms with Gasteiger partial charge in [-0.15, -0.1) is 0 Å². The van der Waals surface area contributed by atoms with Crippen molar-refractivity contribution in [2.24, 2.45) is 0 Å². The highest BCUT2D eigenvalue weighted by Gasteiger charge is 2.23. The average molecular weight is 290 g/mol. The molecule has 1 aliphatic heterocycles. The lowest BCUT2D eigenvalue weighted by Crippen LogP contribution is -2.27. The van der Waals surface area contributed by atoms with E-state index in [1.807, 2.05) is 0 Å². The number of nitrogens with zero attached hydrogens (tertiary/aromatic N) is 2. The molecule has 1 saturated heterocycles. The molecule has 2 rings (SSSR count). The number of hydrogen-bond acceptors (Lipinski definition) is 4. The maximum absolute atomic E-state index is 11.8. The van der Waals surface area contributed by atoms with Crippen molar-refractivity contribution >= 4 is 27.3 Å². The van der Waals surface area contributed by atoms with Gasteiger partial charge in [-0.2, -0.15) is 0 Å². The molecular formula is C11H16ClN3O2S. The van der Waals surface area contributed by atoms with Gasteiger partial charge >= 0.3 is 0 Å². The van der Waals surface area contributed by atoms with E-state index in [-0.39, 0.29) is 10.2 Å². The molecule has 1 N–H and O–H groups in total. The van der Waals surface area contributed by atoms with E-state index in [0.29, 0.717) is 6.04 Å². The minimum absolute atomic E-state index is 0.0356. The summed E-state index contributed by atoms with van der Waals surface area (Å²) in [6.07, 6.45) is 2.21. The Balaban J connectivity index is 2.44. The Bertz CT molecular complexity index is 547. The van der Waals surface area contributed by atoms with Crippen LogP contribution in [0.3, 0.4) is 0 Å². The molecule has 0 radical (unpaired) electrons. The van der Waals surface area contributed by atoms with Crippen molar-refractivity contribution in [3.8, 4) is 0 Å². The monoisotopic (exact) mass is 289 g/mol. The van der Waals surface area contributed by atoms with Crippen LogP contribution in [0.5, 0.6) is 0 Å². The molecule has 1 aromatic heterocycles. The lowest BCUT2D eigenvalue weighted by atomic mass is 10.2. The Morgan fingerprint density at radius 3 is 2.78 bits per heavy atom. The first-order chi connectivity index (χ1) is 8.44. The fraction of sp³-hybridized carbons (Fsp3) is 0.545. The fourth-order valence-electron chi connectivity index (χ4n) is 2.18. The highest BCUT2D eigenvalue weighted by Crippen LogP contribution is 2.28. The largest absolute Gasteiger partial charge is 0.369 e. The molecule has 5 nitrogen and oxygen atoms in total. The number of hydrogen-bond donors (Lipinski definition) is 1. The van der Waals surface area contributed by atoms with Crippen LogP contribution in [0.4, 0.5) is 5.69 Å². The zero-order valence-corrected chi connectivity index (χ0v) is 11.9. The quantitative estimate of drug-likeness (QED) is 0.859. The van der Waals surface area contributed by atoms with Gasteiger partial charge in [-0.1, -0.05) is 11.6 Å². The molecule has 0 aliphatic carbocycles. The van der Waals surface area contributed by atoms with Gasteiger partial charge in [-0.05, 0) is 32.9 Å². The molecule has 0 spiro atoms. The van der Waals surface area contributed by atoms with Crippen molar-refractivity contribution in [1.29, 1.82) is 0 Å². The van der Waals surface area contributed by atoms with Crippen LogP contribution in [0.1, 0.15) is 19.8 Å². The van der Waals surface area contributed by atoms with Crippen LogP contribution in [-0.2, 0) is 10.0 Å². The van der Waals surface area contributed by atoms with Crippen molar-refractivity contribution in [2.45, 2.75) is 30.8 Å². The second kappa shape index (κ2) is 5.03. The summed E-state index contributed by atoms with van der Waals surface area (Å²) in [5, 5.41) is 0.159. The summed E-state index contributed by atoms with van der Waals surface area (Å²) in [6.45, 7) is 3.04. The van der Waals surface area contributed by atoms with E-state index >= 15 is 0 Å². The molecule has 0 aromatic carbocycles. The number of halogens is 1. The summed E-state index contributed by atoms with van der Waals surface area (Å²) in [7, 11) is -2.21. The first kappa shape index (κ1) is 13.6. The zero-order valence-electron chi connectivity index (χ0n) is 10.4. The van der Waals surface area contributed by atoms with Crippen molar-refractivity contribution in [2.75, 3.05) is 18.5 Å². The van der Waals surface area contributed by atoms with Gasteiger partial charge in [0.05, 0.1) is 0 Å². The smallest absolute Gasteiger partial charge is 0.257 e. The Morgan fingerprint density at radius 1 is 1.50 bits per heavy atom. The van der Waals surface area contributed by atoms with Crippen LogP contribution in [0.25, 0.3) is 0 Å². The molecule has 0 saturated carbocycles. The van der Waals surface area contributed by atoms with E-state index in [1.54, 1.807) is 12.1 Å². The standard InChI is InChI=1S/C11H16ClN3O2S/c1-8-4-3-5-15(8)9-6-10(12)14-11(7-9)18(16,17)13-2/h6-8,13H,3-5H2,1-2H3. The minimum Gasteiger partial charge on any atom is -0.369 e. The molecule has 1 atom stereocenters. The lowest BCUT2D eigenvalue weighted by Gasteiger charge is -2.24. The van der Waals surface area contributed by atoms with Gasteiger partial charge in [0.1, 0.15) is 5.15 Å². The summed E-state index contributed by atoms with van der Waals surface area (Å²) in [4.78, 5) is 6.02. The zero-order chi connectivity index (χ0) is 13.3. The van der Waals surface area contributed by atoms with E-state index < -0.39 is 10.0 Å². The summed E-state index contributed by atoms with van der Waals surface area (Å²) in [5.74, 6) is 0. The number of pyridine rings is 1. The number of nitrogens with one attached hydrogen (secondary N) is 1. The van der Waals surface area contributed by atoms with Gasteiger partial charge in [-0.3, -0.25) is 0 Å². The summed E-state index contributed by atoms with van der Waals surface area (Å²) < 4.78 is 25.7. The normalized spacial score (nSPS) is 20.4. The first-order valence-electron chi connectivity index (χ1n) is 5.82. The lowest BCUT2D eigenvalue weighted by molar-refractivity contribution is 0.584. The second-order valence-electron chi connectivity index (χ2n) is 4.38. The molecule has 2 heterocycles. The average Bonchev–Trinajstić information content (AvgIpc) is 2.74. The van der Waals surface area contributed by atoms with Gasteiger partial charge in [-0.25, -0.2) is 18.1 Å². The Labute approximate surface area is 112 Å². The SMILES string of the molecule is CNS(=O)(=O)c1cc(N2CCCC2C)cc(Cl)n1. The molecule has 0 amide bonds. The Morgan fingerprint density at radius 2 is 2.22 bits per heavy atom. The summed E-state index contributed by atoms with van der Waals surface area (Å²) >= 11 is 5.91. The van der Waals surface area contributed by atoms with Crippen LogP contribution in [-0.4, -0.2) is 33.0 Å². The molecule has 18 heavy (non-hydrogen) atoms. The number of anilines is 1. The van der Waals surface area contributed by atoms with E-state index in [0.717, 1.165) is 25.1 Å². The summed E-state index contributed by atoms with van der Waals surface area (Å²) in [5.41, 5.74) is 0.814. The van der Waals surface area contributed by atoms with E-state index in [1.165, 1.54) is 7.05 Å². The number of aromatic nitrogens is 1. The van der Waals surface area contributed by atoms with Crippen molar-refractivity contribution in [1.82, 2.24) is 9.71 Å². The first-order valence-corrected chi connectivity index (χ1v) is 7.68. The van der Waals surface area contributed by atoms with Gasteiger partial charge in [0.2, 0.25) is 0 Å². The van der Waals surface area contributed by atoms with Crippen LogP contribution < -0.4 is 9.62 Å². The minimum atomic E-state index is -3.56. The van der Waals surface area contributed by atoms with Crippen LogP contribution in [0.15, 0.2) is 17.2 Å². The molecule has 100 valence electrons. The third-order valence-corrected chi connectivity index (χ3v) is 4.67. The van der Waals surface area contributed by atoms with Crippen LogP contribution in [0.2, 0.25) is 5.15 Å². The van der Waals surface area contributed by atoms with Crippen LogP contribution >= 0.6 is 11.6 Å². The highest BCUT2D eigenvalue weighted by atomic mass is 35.5. The molecule has 7 heteroatoms. The predicted molar refractivity (Wildman–Crippen MR) is 71.5 cm³/mol. The molecule has 1 aliphatic rings. The van der Waals surface area contributed by atoms with E-state index in [9.17, 15) is 8.42 Å². The van der Waals surface area contributed by atoms with Gasteiger partial charge in [0.15, 0.2) is 5.03 Å². The van der Waals surface area contributed by atoms with Gasteiger partial charge in [0, 0.05) is 24.3 Å². The fourth-order valence-corrected chi connectivity index (χ4v) is 3.14. The number of sulfonamides is 1. The van der Waals surface area contributed by atoms with Crippen molar-refractivity contribution in [3.63, 3.8) is 0 Å². The van der Waals surface area contributed by atoms with Crippen molar-refractivity contribution < 1.29 is 8.42 Å². The molecule has 1 aromatic rings. The third kappa shape index (κ3) is 2.60. The van der Waals surface area contributed by atoms with Crippen LogP contribution in [0, 0.1) is 0 Å².